The summed E-state index contributed by atoms with van der Waals surface area (Å²) in [6.07, 6.45) is 2.28. The van der Waals surface area contributed by atoms with Gasteiger partial charge in [-0.1, -0.05) is 6.07 Å². The smallest absolute Gasteiger partial charge is 0.310 e. The van der Waals surface area contributed by atoms with E-state index in [0.29, 0.717) is 6.42 Å². The second-order valence-corrected chi connectivity index (χ2v) is 4.18. The number of rotatable bonds is 5. The van der Waals surface area contributed by atoms with Crippen LogP contribution in [-0.2, 0) is 11.2 Å². The Morgan fingerprint density at radius 3 is 2.76 bits per heavy atom. The molecule has 5 heteroatoms. The van der Waals surface area contributed by atoms with Crippen molar-refractivity contribution in [2.24, 2.45) is 5.92 Å². The van der Waals surface area contributed by atoms with E-state index in [0.717, 1.165) is 18.4 Å². The van der Waals surface area contributed by atoms with E-state index in [1.165, 1.54) is 13.2 Å². The fourth-order valence-corrected chi connectivity index (χ4v) is 1.73. The molecule has 0 heterocycles. The van der Waals surface area contributed by atoms with Gasteiger partial charge in [0.15, 0.2) is 5.75 Å². The lowest BCUT2D eigenvalue weighted by Crippen LogP contribution is -2.05. The van der Waals surface area contributed by atoms with Crippen molar-refractivity contribution in [3.63, 3.8) is 0 Å². The number of benzene rings is 1. The van der Waals surface area contributed by atoms with E-state index in [2.05, 4.69) is 0 Å². The van der Waals surface area contributed by atoms with Crippen LogP contribution in [0, 0.1) is 16.0 Å². The predicted octanol–water partition coefficient (Wildman–Crippen LogP) is 2.12. The Balaban J connectivity index is 2.18. The number of nitro groups is 1. The highest BCUT2D eigenvalue weighted by molar-refractivity contribution is 5.85. The average Bonchev–Trinajstić information content (AvgIpc) is 3.12. The molecule has 0 amide bonds. The summed E-state index contributed by atoms with van der Waals surface area (Å²) in [6.45, 7) is 0. The summed E-state index contributed by atoms with van der Waals surface area (Å²) >= 11 is 0. The van der Waals surface area contributed by atoms with Gasteiger partial charge >= 0.3 is 5.69 Å². The highest BCUT2D eigenvalue weighted by Crippen LogP contribution is 2.32. The van der Waals surface area contributed by atoms with Crippen molar-refractivity contribution in [3.8, 4) is 5.75 Å². The van der Waals surface area contributed by atoms with E-state index < -0.39 is 4.92 Å². The van der Waals surface area contributed by atoms with Gasteiger partial charge in [-0.3, -0.25) is 14.9 Å². The lowest BCUT2D eigenvalue weighted by Gasteiger charge is -2.04. The van der Waals surface area contributed by atoms with Crippen molar-refractivity contribution in [1.29, 1.82) is 0 Å². The molecular formula is C12H13NO4. The Hall–Kier alpha value is -1.91. The first-order valence-corrected chi connectivity index (χ1v) is 5.46. The van der Waals surface area contributed by atoms with E-state index in [-0.39, 0.29) is 23.1 Å². The maximum absolute atomic E-state index is 11.6. The number of Topliss-reactive ketones (excluding diaryl/α,β-unsaturated/α-hetero) is 1. The number of ketones is 1. The number of hydrogen-bond acceptors (Lipinski definition) is 4. The van der Waals surface area contributed by atoms with E-state index in [1.54, 1.807) is 12.1 Å². The number of carbonyl (C=O) groups is 1. The topological polar surface area (TPSA) is 69.4 Å². The molecule has 1 aliphatic carbocycles. The molecule has 0 spiro atoms. The van der Waals surface area contributed by atoms with E-state index in [9.17, 15) is 14.9 Å². The zero-order valence-electron chi connectivity index (χ0n) is 9.51. The van der Waals surface area contributed by atoms with Gasteiger partial charge in [0.05, 0.1) is 12.0 Å². The highest BCUT2D eigenvalue weighted by Gasteiger charge is 2.29. The van der Waals surface area contributed by atoms with Gasteiger partial charge in [0.1, 0.15) is 5.78 Å². The van der Waals surface area contributed by atoms with Crippen LogP contribution in [0.25, 0.3) is 0 Å². The minimum absolute atomic E-state index is 0.0740. The SMILES string of the molecule is COc1cc(CC(=O)C2CC2)ccc1[N+](=O)[O-]. The molecule has 90 valence electrons. The Labute approximate surface area is 98.5 Å². The summed E-state index contributed by atoms with van der Waals surface area (Å²) in [6, 6.07) is 4.56. The van der Waals surface area contributed by atoms with Gasteiger partial charge in [0.2, 0.25) is 0 Å². The largest absolute Gasteiger partial charge is 0.490 e. The molecule has 1 aromatic rings. The van der Waals surface area contributed by atoms with Crippen molar-refractivity contribution in [3.05, 3.63) is 33.9 Å². The number of nitro benzene ring substituents is 1. The van der Waals surface area contributed by atoms with Gasteiger partial charge in [-0.15, -0.1) is 0 Å². The molecule has 1 aromatic carbocycles. The lowest BCUT2D eigenvalue weighted by molar-refractivity contribution is -0.385. The molecule has 0 unspecified atom stereocenters. The first-order valence-electron chi connectivity index (χ1n) is 5.46. The van der Waals surface area contributed by atoms with Crippen LogP contribution in [0.1, 0.15) is 18.4 Å². The molecule has 0 saturated heterocycles. The van der Waals surface area contributed by atoms with Crippen LogP contribution in [0.3, 0.4) is 0 Å². The van der Waals surface area contributed by atoms with Crippen LogP contribution in [0.4, 0.5) is 5.69 Å². The van der Waals surface area contributed by atoms with Crippen LogP contribution in [0.2, 0.25) is 0 Å². The Bertz CT molecular complexity index is 466. The molecule has 0 aliphatic heterocycles. The van der Waals surface area contributed by atoms with Crippen molar-refractivity contribution in [2.45, 2.75) is 19.3 Å². The standard InChI is InChI=1S/C12H13NO4/c1-17-12-7-8(2-5-10(12)13(15)16)6-11(14)9-3-4-9/h2,5,7,9H,3-4,6H2,1H3. The summed E-state index contributed by atoms with van der Waals surface area (Å²) in [4.78, 5) is 21.8. The summed E-state index contributed by atoms with van der Waals surface area (Å²) in [5.74, 6) is 0.619. The molecule has 0 atom stereocenters. The monoisotopic (exact) mass is 235 g/mol. The van der Waals surface area contributed by atoms with Gasteiger partial charge in [-0.2, -0.15) is 0 Å². The predicted molar refractivity (Wildman–Crippen MR) is 61.1 cm³/mol. The van der Waals surface area contributed by atoms with Crippen LogP contribution < -0.4 is 4.74 Å². The number of carbonyl (C=O) groups excluding carboxylic acids is 1. The summed E-state index contributed by atoms with van der Waals surface area (Å²) in [5, 5.41) is 10.7. The second-order valence-electron chi connectivity index (χ2n) is 4.18. The maximum Gasteiger partial charge on any atom is 0.310 e. The summed E-state index contributed by atoms with van der Waals surface area (Å²) in [7, 11) is 1.38. The quantitative estimate of drug-likeness (QED) is 0.579. The Morgan fingerprint density at radius 1 is 1.53 bits per heavy atom. The molecule has 5 nitrogen and oxygen atoms in total. The Morgan fingerprint density at radius 2 is 2.24 bits per heavy atom. The molecule has 0 bridgehead atoms. The normalized spacial score (nSPS) is 14.4. The summed E-state index contributed by atoms with van der Waals surface area (Å²) < 4.78 is 4.95. The van der Waals surface area contributed by atoms with Crippen LogP contribution in [0.5, 0.6) is 5.75 Å². The number of methoxy groups -OCH3 is 1. The molecule has 1 fully saturated rings. The van der Waals surface area contributed by atoms with Crippen molar-refractivity contribution >= 4 is 11.5 Å². The second kappa shape index (κ2) is 4.53. The fraction of sp³-hybridized carbons (Fsp3) is 0.417. The molecule has 0 N–H and O–H groups in total. The minimum atomic E-state index is -0.495. The first-order chi connectivity index (χ1) is 8.11. The molecular weight excluding hydrogens is 222 g/mol. The van der Waals surface area contributed by atoms with Gasteiger partial charge in [-0.25, -0.2) is 0 Å². The van der Waals surface area contributed by atoms with E-state index in [4.69, 9.17) is 4.74 Å². The van der Waals surface area contributed by atoms with E-state index in [1.807, 2.05) is 0 Å². The molecule has 1 aliphatic rings. The van der Waals surface area contributed by atoms with Crippen LogP contribution in [-0.4, -0.2) is 17.8 Å². The number of nitrogens with zero attached hydrogens (tertiary/aromatic N) is 1. The molecule has 1 saturated carbocycles. The van der Waals surface area contributed by atoms with Gasteiger partial charge < -0.3 is 4.74 Å². The van der Waals surface area contributed by atoms with Crippen LogP contribution >= 0.6 is 0 Å². The third-order valence-electron chi connectivity index (χ3n) is 2.85. The van der Waals surface area contributed by atoms with E-state index >= 15 is 0 Å². The van der Waals surface area contributed by atoms with Gasteiger partial charge in [-0.05, 0) is 24.5 Å². The first kappa shape index (κ1) is 11.6. The van der Waals surface area contributed by atoms with Crippen molar-refractivity contribution < 1.29 is 14.5 Å². The maximum atomic E-state index is 11.6. The molecule has 0 aromatic heterocycles. The third-order valence-corrected chi connectivity index (χ3v) is 2.85. The third kappa shape index (κ3) is 2.61. The zero-order valence-corrected chi connectivity index (χ0v) is 9.51. The van der Waals surface area contributed by atoms with Gasteiger partial charge in [0.25, 0.3) is 0 Å². The zero-order chi connectivity index (χ0) is 12.4. The van der Waals surface area contributed by atoms with Crippen LogP contribution in [0.15, 0.2) is 18.2 Å². The number of ether oxygens (including phenoxy) is 1. The number of hydrogen-bond donors (Lipinski definition) is 0. The van der Waals surface area contributed by atoms with Crippen molar-refractivity contribution in [2.75, 3.05) is 7.11 Å². The lowest BCUT2D eigenvalue weighted by atomic mass is 10.1. The highest BCUT2D eigenvalue weighted by atomic mass is 16.6. The fourth-order valence-electron chi connectivity index (χ4n) is 1.73. The molecule has 2 rings (SSSR count). The molecule has 17 heavy (non-hydrogen) atoms. The van der Waals surface area contributed by atoms with Crippen molar-refractivity contribution in [1.82, 2.24) is 0 Å². The average molecular weight is 235 g/mol. The Kier molecular flexibility index (Phi) is 3.08. The van der Waals surface area contributed by atoms with Gasteiger partial charge in [0, 0.05) is 18.4 Å². The molecule has 0 radical (unpaired) electrons. The summed E-state index contributed by atoms with van der Waals surface area (Å²) in [5.41, 5.74) is 0.694. The minimum Gasteiger partial charge on any atom is -0.490 e.